The van der Waals surface area contributed by atoms with Gasteiger partial charge in [0, 0.05) is 5.56 Å². The standard InChI is InChI=1S/C9H5F3N4/c10-5-1-4(2-6(11)7(5)12)8-14-3-15-9(13)16-8/h1-3H,(H2,13,14,15,16). The smallest absolute Gasteiger partial charge is 0.223 e. The van der Waals surface area contributed by atoms with Gasteiger partial charge in [-0.25, -0.2) is 23.1 Å². The van der Waals surface area contributed by atoms with E-state index in [4.69, 9.17) is 5.73 Å². The van der Waals surface area contributed by atoms with E-state index < -0.39 is 17.5 Å². The summed E-state index contributed by atoms with van der Waals surface area (Å²) in [6.45, 7) is 0. The molecular formula is C9H5F3N4. The fourth-order valence-electron chi connectivity index (χ4n) is 1.13. The molecule has 2 rings (SSSR count). The van der Waals surface area contributed by atoms with E-state index in [9.17, 15) is 13.2 Å². The van der Waals surface area contributed by atoms with Crippen molar-refractivity contribution in [3.63, 3.8) is 0 Å². The second-order valence-electron chi connectivity index (χ2n) is 2.92. The highest BCUT2D eigenvalue weighted by atomic mass is 19.2. The molecule has 1 aromatic heterocycles. The third-order valence-corrected chi connectivity index (χ3v) is 1.83. The molecule has 0 unspecified atom stereocenters. The Bertz CT molecular complexity index is 521. The molecule has 0 fully saturated rings. The van der Waals surface area contributed by atoms with Crippen molar-refractivity contribution in [3.05, 3.63) is 35.9 Å². The minimum atomic E-state index is -1.54. The Labute approximate surface area is 88.0 Å². The number of nitrogen functional groups attached to an aromatic ring is 1. The molecule has 0 aliphatic rings. The van der Waals surface area contributed by atoms with Gasteiger partial charge in [-0.1, -0.05) is 0 Å². The van der Waals surface area contributed by atoms with Crippen molar-refractivity contribution in [2.75, 3.05) is 5.73 Å². The second kappa shape index (κ2) is 3.76. The van der Waals surface area contributed by atoms with Crippen molar-refractivity contribution in [2.24, 2.45) is 0 Å². The van der Waals surface area contributed by atoms with E-state index in [1.54, 1.807) is 0 Å². The van der Waals surface area contributed by atoms with E-state index in [0.717, 1.165) is 18.5 Å². The van der Waals surface area contributed by atoms with Crippen molar-refractivity contribution in [2.45, 2.75) is 0 Å². The molecule has 82 valence electrons. The summed E-state index contributed by atoms with van der Waals surface area (Å²) in [5.41, 5.74) is 5.27. The number of halogens is 3. The molecule has 4 nitrogen and oxygen atoms in total. The highest BCUT2D eigenvalue weighted by Gasteiger charge is 2.13. The maximum absolute atomic E-state index is 12.9. The molecule has 0 amide bonds. The summed E-state index contributed by atoms with van der Waals surface area (Å²) in [7, 11) is 0. The van der Waals surface area contributed by atoms with Crippen LogP contribution in [0.2, 0.25) is 0 Å². The van der Waals surface area contributed by atoms with Crippen LogP contribution >= 0.6 is 0 Å². The monoisotopic (exact) mass is 226 g/mol. The molecule has 2 aromatic rings. The van der Waals surface area contributed by atoms with E-state index in [1.165, 1.54) is 0 Å². The third kappa shape index (κ3) is 1.79. The normalized spacial score (nSPS) is 10.4. The molecular weight excluding hydrogens is 221 g/mol. The van der Waals surface area contributed by atoms with E-state index in [-0.39, 0.29) is 17.3 Å². The molecule has 7 heteroatoms. The second-order valence-corrected chi connectivity index (χ2v) is 2.92. The zero-order valence-electron chi connectivity index (χ0n) is 7.78. The number of hydrogen-bond donors (Lipinski definition) is 1. The summed E-state index contributed by atoms with van der Waals surface area (Å²) in [6, 6.07) is 1.57. The van der Waals surface area contributed by atoms with Gasteiger partial charge in [0.1, 0.15) is 6.33 Å². The summed E-state index contributed by atoms with van der Waals surface area (Å²) >= 11 is 0. The summed E-state index contributed by atoms with van der Waals surface area (Å²) in [5.74, 6) is -4.27. The molecule has 0 spiro atoms. The van der Waals surface area contributed by atoms with Crippen LogP contribution in [-0.2, 0) is 0 Å². The first kappa shape index (κ1) is 10.3. The number of rotatable bonds is 1. The topological polar surface area (TPSA) is 64.7 Å². The molecule has 16 heavy (non-hydrogen) atoms. The van der Waals surface area contributed by atoms with Gasteiger partial charge >= 0.3 is 0 Å². The number of nitrogens with zero attached hydrogens (tertiary/aromatic N) is 3. The van der Waals surface area contributed by atoms with E-state index >= 15 is 0 Å². The lowest BCUT2D eigenvalue weighted by Gasteiger charge is -2.01. The Morgan fingerprint density at radius 3 is 2.19 bits per heavy atom. The highest BCUT2D eigenvalue weighted by Crippen LogP contribution is 2.20. The number of benzene rings is 1. The van der Waals surface area contributed by atoms with Gasteiger partial charge in [0.05, 0.1) is 0 Å². The van der Waals surface area contributed by atoms with Crippen LogP contribution in [0.4, 0.5) is 19.1 Å². The lowest BCUT2D eigenvalue weighted by Crippen LogP contribution is -1.99. The first-order chi connectivity index (χ1) is 7.58. The molecule has 0 aliphatic carbocycles. The molecule has 0 bridgehead atoms. The zero-order valence-corrected chi connectivity index (χ0v) is 7.78. The first-order valence-corrected chi connectivity index (χ1v) is 4.17. The van der Waals surface area contributed by atoms with Crippen LogP contribution in [0.3, 0.4) is 0 Å². The van der Waals surface area contributed by atoms with Crippen LogP contribution in [0.15, 0.2) is 18.5 Å². The molecule has 1 aromatic carbocycles. The van der Waals surface area contributed by atoms with E-state index in [1.807, 2.05) is 0 Å². The molecule has 0 atom stereocenters. The third-order valence-electron chi connectivity index (χ3n) is 1.83. The minimum Gasteiger partial charge on any atom is -0.368 e. The van der Waals surface area contributed by atoms with Crippen molar-refractivity contribution in [1.82, 2.24) is 15.0 Å². The minimum absolute atomic E-state index is 0.00880. The van der Waals surface area contributed by atoms with Crippen LogP contribution in [-0.4, -0.2) is 15.0 Å². The lowest BCUT2D eigenvalue weighted by molar-refractivity contribution is 0.447. The predicted molar refractivity (Wildman–Crippen MR) is 49.5 cm³/mol. The van der Waals surface area contributed by atoms with Gasteiger partial charge in [0.25, 0.3) is 0 Å². The molecule has 0 saturated heterocycles. The van der Waals surface area contributed by atoms with Crippen LogP contribution in [0.5, 0.6) is 0 Å². The highest BCUT2D eigenvalue weighted by molar-refractivity contribution is 5.55. The molecule has 0 saturated carbocycles. The number of hydrogen-bond acceptors (Lipinski definition) is 4. The Balaban J connectivity index is 2.57. The fourth-order valence-corrected chi connectivity index (χ4v) is 1.13. The Kier molecular flexibility index (Phi) is 2.43. The van der Waals surface area contributed by atoms with Crippen LogP contribution in [0.1, 0.15) is 0 Å². The summed E-state index contributed by atoms with van der Waals surface area (Å²) in [4.78, 5) is 10.8. The molecule has 2 N–H and O–H groups in total. The van der Waals surface area contributed by atoms with Crippen molar-refractivity contribution >= 4 is 5.95 Å². The Morgan fingerprint density at radius 1 is 1.00 bits per heavy atom. The van der Waals surface area contributed by atoms with Crippen LogP contribution in [0.25, 0.3) is 11.4 Å². The maximum Gasteiger partial charge on any atom is 0.223 e. The molecule has 0 aliphatic heterocycles. The molecule has 1 heterocycles. The van der Waals surface area contributed by atoms with Gasteiger partial charge in [-0.05, 0) is 12.1 Å². The SMILES string of the molecule is Nc1ncnc(-c2cc(F)c(F)c(F)c2)n1. The van der Waals surface area contributed by atoms with Crippen LogP contribution in [0, 0.1) is 17.5 Å². The van der Waals surface area contributed by atoms with Gasteiger partial charge in [-0.3, -0.25) is 0 Å². The molecule has 0 radical (unpaired) electrons. The summed E-state index contributed by atoms with van der Waals surface area (Å²) in [6.07, 6.45) is 1.09. The van der Waals surface area contributed by atoms with E-state index in [0.29, 0.717) is 0 Å². The number of anilines is 1. The quantitative estimate of drug-likeness (QED) is 0.749. The van der Waals surface area contributed by atoms with Gasteiger partial charge < -0.3 is 5.73 Å². The Morgan fingerprint density at radius 2 is 1.62 bits per heavy atom. The largest absolute Gasteiger partial charge is 0.368 e. The summed E-state index contributed by atoms with van der Waals surface area (Å²) in [5, 5.41) is 0. The average Bonchev–Trinajstić information content (AvgIpc) is 2.25. The van der Waals surface area contributed by atoms with Gasteiger partial charge in [0.15, 0.2) is 23.3 Å². The van der Waals surface area contributed by atoms with Crippen molar-refractivity contribution < 1.29 is 13.2 Å². The number of nitrogens with two attached hydrogens (primary N) is 1. The Hall–Kier alpha value is -2.18. The van der Waals surface area contributed by atoms with Gasteiger partial charge in [-0.2, -0.15) is 4.98 Å². The van der Waals surface area contributed by atoms with Gasteiger partial charge in [-0.15, -0.1) is 0 Å². The van der Waals surface area contributed by atoms with E-state index in [2.05, 4.69) is 15.0 Å². The first-order valence-electron chi connectivity index (χ1n) is 4.17. The van der Waals surface area contributed by atoms with Crippen molar-refractivity contribution in [1.29, 1.82) is 0 Å². The van der Waals surface area contributed by atoms with Gasteiger partial charge in [0.2, 0.25) is 5.95 Å². The average molecular weight is 226 g/mol. The van der Waals surface area contributed by atoms with Crippen LogP contribution < -0.4 is 5.73 Å². The number of aromatic nitrogens is 3. The lowest BCUT2D eigenvalue weighted by atomic mass is 10.2. The zero-order chi connectivity index (χ0) is 11.7. The maximum atomic E-state index is 12.9. The fraction of sp³-hybridized carbons (Fsp3) is 0. The summed E-state index contributed by atoms with van der Waals surface area (Å²) < 4.78 is 38.5. The predicted octanol–water partition coefficient (Wildman–Crippen LogP) is 1.54. The van der Waals surface area contributed by atoms with Crippen molar-refractivity contribution in [3.8, 4) is 11.4 Å².